The zero-order valence-corrected chi connectivity index (χ0v) is 21.0. The van der Waals surface area contributed by atoms with Crippen molar-refractivity contribution in [3.63, 3.8) is 0 Å². The quantitative estimate of drug-likeness (QED) is 0.629. The zero-order chi connectivity index (χ0) is 24.4. The third kappa shape index (κ3) is 5.95. The number of sulfonamides is 1. The van der Waals surface area contributed by atoms with Crippen molar-refractivity contribution in [3.05, 3.63) is 42.2 Å². The van der Waals surface area contributed by atoms with Crippen LogP contribution in [0.3, 0.4) is 0 Å². The molecular weight excluding hydrogens is 440 g/mol. The average Bonchev–Trinajstić information content (AvgIpc) is 2.71. The first-order valence-corrected chi connectivity index (χ1v) is 12.9. The number of amides is 2. The monoisotopic (exact) mass is 476 g/mol. The Bertz CT molecular complexity index is 1000. The Morgan fingerprint density at radius 2 is 1.91 bits per heavy atom. The third-order valence-electron chi connectivity index (χ3n) is 6.30. The zero-order valence-electron chi connectivity index (χ0n) is 20.2. The summed E-state index contributed by atoms with van der Waals surface area (Å²) >= 11 is 0. The van der Waals surface area contributed by atoms with Crippen LogP contribution in [0.4, 0.5) is 0 Å². The predicted octanol–water partition coefficient (Wildman–Crippen LogP) is 2.22. The Kier molecular flexibility index (Phi) is 7.53. The van der Waals surface area contributed by atoms with Crippen molar-refractivity contribution in [2.24, 2.45) is 11.3 Å². The van der Waals surface area contributed by atoms with E-state index in [1.54, 1.807) is 12.1 Å². The standard InChI is InChI=1S/C24H36N4O4S/c1-17(2)15-27-12-10-21(24(4,5)16-27)26-22(29)14-20-23(30)25-11-13-28(20)33(31,32)19-8-6-18(3)7-9-19/h6-9,11,13,17,20-21H,10,12,14-16H2,1-5H3,(H,25,30)(H,26,29)/t20-,21-/m1/s1. The molecule has 2 amide bonds. The molecule has 2 N–H and O–H groups in total. The summed E-state index contributed by atoms with van der Waals surface area (Å²) in [4.78, 5) is 28.1. The van der Waals surface area contributed by atoms with Gasteiger partial charge in [-0.2, -0.15) is 0 Å². The van der Waals surface area contributed by atoms with Crippen LogP contribution in [0.2, 0.25) is 0 Å². The summed E-state index contributed by atoms with van der Waals surface area (Å²) in [6.45, 7) is 13.3. The number of likely N-dealkylation sites (tertiary alicyclic amines) is 1. The number of hydrogen-bond acceptors (Lipinski definition) is 5. The van der Waals surface area contributed by atoms with Crippen molar-refractivity contribution in [1.29, 1.82) is 0 Å². The van der Waals surface area contributed by atoms with Gasteiger partial charge in [0, 0.05) is 38.1 Å². The summed E-state index contributed by atoms with van der Waals surface area (Å²) in [6, 6.07) is 5.24. The predicted molar refractivity (Wildman–Crippen MR) is 127 cm³/mol. The van der Waals surface area contributed by atoms with Gasteiger partial charge in [-0.1, -0.05) is 45.4 Å². The Labute approximate surface area is 197 Å². The molecule has 2 heterocycles. The number of nitrogens with one attached hydrogen (secondary N) is 2. The molecule has 2 atom stereocenters. The van der Waals surface area contributed by atoms with Gasteiger partial charge in [0.05, 0.1) is 11.3 Å². The van der Waals surface area contributed by atoms with E-state index in [4.69, 9.17) is 0 Å². The van der Waals surface area contributed by atoms with Gasteiger partial charge in [0.1, 0.15) is 6.04 Å². The van der Waals surface area contributed by atoms with Gasteiger partial charge in [0.15, 0.2) is 0 Å². The minimum atomic E-state index is -3.98. The number of aryl methyl sites for hydroxylation is 1. The van der Waals surface area contributed by atoms with Crippen LogP contribution in [0.5, 0.6) is 0 Å². The summed E-state index contributed by atoms with van der Waals surface area (Å²) in [5.74, 6) is -0.273. The van der Waals surface area contributed by atoms with E-state index in [1.165, 1.54) is 24.5 Å². The number of rotatable bonds is 7. The van der Waals surface area contributed by atoms with Gasteiger partial charge in [-0.3, -0.25) is 13.9 Å². The van der Waals surface area contributed by atoms with Gasteiger partial charge in [-0.15, -0.1) is 0 Å². The topological polar surface area (TPSA) is 98.8 Å². The molecule has 182 valence electrons. The van der Waals surface area contributed by atoms with E-state index in [-0.39, 0.29) is 28.7 Å². The smallest absolute Gasteiger partial charge is 0.264 e. The van der Waals surface area contributed by atoms with Crippen LogP contribution in [-0.4, -0.2) is 61.2 Å². The van der Waals surface area contributed by atoms with Crippen LogP contribution in [0.15, 0.2) is 41.6 Å². The second kappa shape index (κ2) is 9.85. The molecule has 8 nitrogen and oxygen atoms in total. The van der Waals surface area contributed by atoms with Crippen LogP contribution in [0, 0.1) is 18.3 Å². The lowest BCUT2D eigenvalue weighted by molar-refractivity contribution is -0.130. The summed E-state index contributed by atoms with van der Waals surface area (Å²) in [7, 11) is -3.98. The molecule has 1 saturated heterocycles. The highest BCUT2D eigenvalue weighted by Gasteiger charge is 2.40. The lowest BCUT2D eigenvalue weighted by Gasteiger charge is -2.45. The molecule has 0 unspecified atom stereocenters. The van der Waals surface area contributed by atoms with Crippen molar-refractivity contribution in [1.82, 2.24) is 19.8 Å². The maximum Gasteiger partial charge on any atom is 0.264 e. The van der Waals surface area contributed by atoms with Gasteiger partial charge < -0.3 is 15.5 Å². The molecule has 0 spiro atoms. The fourth-order valence-electron chi connectivity index (χ4n) is 4.61. The number of hydrogen-bond donors (Lipinski definition) is 2. The van der Waals surface area contributed by atoms with Gasteiger partial charge in [0.2, 0.25) is 11.8 Å². The Balaban J connectivity index is 1.71. The highest BCUT2D eigenvalue weighted by atomic mass is 32.2. The van der Waals surface area contributed by atoms with Crippen LogP contribution in [-0.2, 0) is 19.6 Å². The van der Waals surface area contributed by atoms with Crippen LogP contribution >= 0.6 is 0 Å². The molecule has 0 saturated carbocycles. The molecule has 1 aromatic carbocycles. The van der Waals surface area contributed by atoms with E-state index in [0.29, 0.717) is 5.92 Å². The minimum absolute atomic E-state index is 0.0437. The second-order valence-corrected chi connectivity index (χ2v) is 12.1. The van der Waals surface area contributed by atoms with E-state index < -0.39 is 22.0 Å². The summed E-state index contributed by atoms with van der Waals surface area (Å²) in [6.07, 6.45) is 3.16. The van der Waals surface area contributed by atoms with E-state index in [2.05, 4.69) is 43.2 Å². The van der Waals surface area contributed by atoms with E-state index in [1.807, 2.05) is 6.92 Å². The van der Waals surface area contributed by atoms with Crippen molar-refractivity contribution >= 4 is 21.8 Å². The average molecular weight is 477 g/mol. The lowest BCUT2D eigenvalue weighted by Crippen LogP contribution is -2.57. The van der Waals surface area contributed by atoms with Crippen LogP contribution in [0.25, 0.3) is 0 Å². The van der Waals surface area contributed by atoms with E-state index >= 15 is 0 Å². The molecule has 1 aromatic rings. The largest absolute Gasteiger partial charge is 0.353 e. The first-order chi connectivity index (χ1) is 15.4. The number of benzene rings is 1. The third-order valence-corrected chi connectivity index (χ3v) is 8.10. The Morgan fingerprint density at radius 3 is 2.52 bits per heavy atom. The first-order valence-electron chi connectivity index (χ1n) is 11.5. The first kappa shape index (κ1) is 25.2. The molecule has 0 aliphatic carbocycles. The van der Waals surface area contributed by atoms with Crippen molar-refractivity contribution < 1.29 is 18.0 Å². The number of piperidine rings is 1. The van der Waals surface area contributed by atoms with E-state index in [0.717, 1.165) is 35.9 Å². The lowest BCUT2D eigenvalue weighted by atomic mass is 9.78. The maximum absolute atomic E-state index is 13.2. The number of carbonyl (C=O) groups excluding carboxylic acids is 2. The molecule has 9 heteroatoms. The summed E-state index contributed by atoms with van der Waals surface area (Å²) in [5.41, 5.74) is 0.796. The Hall–Kier alpha value is -2.39. The van der Waals surface area contributed by atoms with Crippen molar-refractivity contribution in [2.75, 3.05) is 19.6 Å². The molecule has 3 rings (SSSR count). The molecule has 2 aliphatic rings. The minimum Gasteiger partial charge on any atom is -0.353 e. The van der Waals surface area contributed by atoms with Gasteiger partial charge in [0.25, 0.3) is 10.0 Å². The highest BCUT2D eigenvalue weighted by Crippen LogP contribution is 2.30. The normalized spacial score (nSPS) is 23.5. The highest BCUT2D eigenvalue weighted by molar-refractivity contribution is 7.89. The molecule has 33 heavy (non-hydrogen) atoms. The van der Waals surface area contributed by atoms with Crippen molar-refractivity contribution in [3.8, 4) is 0 Å². The molecule has 2 aliphatic heterocycles. The Morgan fingerprint density at radius 1 is 1.24 bits per heavy atom. The SMILES string of the molecule is Cc1ccc(S(=O)(=O)N2C=CNC(=O)[C@H]2CC(=O)N[C@@H]2CCN(CC(C)C)CC2(C)C)cc1. The maximum atomic E-state index is 13.2. The van der Waals surface area contributed by atoms with Crippen LogP contribution in [0.1, 0.15) is 46.1 Å². The summed E-state index contributed by atoms with van der Waals surface area (Å²) < 4.78 is 27.4. The molecule has 0 radical (unpaired) electrons. The number of carbonyl (C=O) groups is 2. The van der Waals surface area contributed by atoms with Gasteiger partial charge >= 0.3 is 0 Å². The van der Waals surface area contributed by atoms with E-state index in [9.17, 15) is 18.0 Å². The van der Waals surface area contributed by atoms with Gasteiger partial charge in [-0.05, 0) is 36.8 Å². The second-order valence-electron chi connectivity index (χ2n) is 10.2. The van der Waals surface area contributed by atoms with Crippen molar-refractivity contribution in [2.45, 2.75) is 64.4 Å². The fraction of sp³-hybridized carbons (Fsp3) is 0.583. The van der Waals surface area contributed by atoms with Crippen LogP contribution < -0.4 is 10.6 Å². The number of nitrogens with zero attached hydrogens (tertiary/aromatic N) is 2. The molecule has 1 fully saturated rings. The molecule has 0 aromatic heterocycles. The molecular formula is C24H36N4O4S. The fourth-order valence-corrected chi connectivity index (χ4v) is 6.06. The molecule has 0 bridgehead atoms. The van der Waals surface area contributed by atoms with Gasteiger partial charge in [-0.25, -0.2) is 8.42 Å². The summed E-state index contributed by atoms with van der Waals surface area (Å²) in [5, 5.41) is 5.61.